The second kappa shape index (κ2) is 7.20. The number of fused-ring (bicyclic) bond motifs is 2. The molecule has 0 amide bonds. The molecule has 0 aromatic heterocycles. The van der Waals surface area contributed by atoms with Crippen molar-refractivity contribution in [3.63, 3.8) is 0 Å². The number of carbonyl (C=O) groups excluding carboxylic acids is 1. The maximum absolute atomic E-state index is 14.0. The van der Waals surface area contributed by atoms with Crippen LogP contribution in [0.25, 0.3) is 0 Å². The maximum Gasteiger partial charge on any atom is 0.324 e. The van der Waals surface area contributed by atoms with E-state index in [0.717, 1.165) is 30.6 Å². The standard InChI is InChI=1S/C22H24FNO2/c23-19-10-9-18-12-15-24-14-5-4-8-20(24)16-26-21(25)22(18,13-11-19)17-6-2-1-3-7-17/h1-3,6-7,9-11,13,20H,4-5,8,12,14-16H2/t20-,22-/m0/s1. The number of cyclic esters (lactones) is 1. The molecule has 2 fully saturated rings. The molecule has 2 heterocycles. The van der Waals surface area contributed by atoms with Gasteiger partial charge in [-0.2, -0.15) is 0 Å². The molecule has 1 aromatic carbocycles. The highest BCUT2D eigenvalue weighted by molar-refractivity contribution is 5.90. The van der Waals surface area contributed by atoms with Crippen molar-refractivity contribution in [2.45, 2.75) is 37.1 Å². The summed E-state index contributed by atoms with van der Waals surface area (Å²) in [4.78, 5) is 15.8. The van der Waals surface area contributed by atoms with E-state index in [9.17, 15) is 9.18 Å². The Morgan fingerprint density at radius 2 is 1.96 bits per heavy atom. The second-order valence-electron chi connectivity index (χ2n) is 7.28. The van der Waals surface area contributed by atoms with Crippen LogP contribution in [0.4, 0.5) is 4.39 Å². The van der Waals surface area contributed by atoms with E-state index >= 15 is 0 Å². The van der Waals surface area contributed by atoms with Crippen molar-refractivity contribution >= 4 is 5.97 Å². The summed E-state index contributed by atoms with van der Waals surface area (Å²) >= 11 is 0. The number of nitrogens with zero attached hydrogens (tertiary/aromatic N) is 1. The molecule has 4 heteroatoms. The summed E-state index contributed by atoms with van der Waals surface area (Å²) in [6, 6.07) is 9.88. The van der Waals surface area contributed by atoms with Crippen LogP contribution < -0.4 is 0 Å². The molecule has 1 aliphatic carbocycles. The molecule has 3 aliphatic rings. The molecular formula is C22H24FNO2. The number of allylic oxidation sites excluding steroid dienone is 4. The maximum atomic E-state index is 14.0. The van der Waals surface area contributed by atoms with Gasteiger partial charge in [0.1, 0.15) is 17.8 Å². The van der Waals surface area contributed by atoms with Crippen molar-refractivity contribution in [3.05, 3.63) is 71.6 Å². The SMILES string of the molecule is O=C1OC[C@@H]2CCCCN2CCC2=CC=C(F)C=C[C@@]12c1ccccc1. The molecule has 0 unspecified atom stereocenters. The molecule has 0 N–H and O–H groups in total. The molecule has 0 bridgehead atoms. The minimum absolute atomic E-state index is 0.291. The molecule has 1 aromatic rings. The van der Waals surface area contributed by atoms with Gasteiger partial charge in [0.25, 0.3) is 0 Å². The summed E-state index contributed by atoms with van der Waals surface area (Å²) < 4.78 is 19.8. The molecule has 0 saturated carbocycles. The number of rotatable bonds is 1. The number of hydrogen-bond acceptors (Lipinski definition) is 3. The third-order valence-corrected chi connectivity index (χ3v) is 5.82. The Balaban J connectivity index is 1.81. The number of halogens is 1. The van der Waals surface area contributed by atoms with Crippen molar-refractivity contribution in [2.24, 2.45) is 0 Å². The second-order valence-corrected chi connectivity index (χ2v) is 7.28. The summed E-state index contributed by atoms with van der Waals surface area (Å²) in [5.74, 6) is -0.650. The van der Waals surface area contributed by atoms with Crippen LogP contribution in [0, 0.1) is 0 Å². The minimum atomic E-state index is -1.06. The lowest BCUT2D eigenvalue weighted by atomic mass is 9.72. The normalized spacial score (nSPS) is 29.7. The Kier molecular flexibility index (Phi) is 4.77. The van der Waals surface area contributed by atoms with Gasteiger partial charge >= 0.3 is 5.97 Å². The van der Waals surface area contributed by atoms with Gasteiger partial charge in [-0.25, -0.2) is 4.39 Å². The van der Waals surface area contributed by atoms with Gasteiger partial charge in [0.05, 0.1) is 0 Å². The average Bonchev–Trinajstić information content (AvgIpc) is 2.82. The van der Waals surface area contributed by atoms with Gasteiger partial charge in [0.2, 0.25) is 0 Å². The van der Waals surface area contributed by atoms with Gasteiger partial charge in [0.15, 0.2) is 0 Å². The summed E-state index contributed by atoms with van der Waals surface area (Å²) in [6.45, 7) is 2.31. The molecule has 0 radical (unpaired) electrons. The Morgan fingerprint density at radius 3 is 2.81 bits per heavy atom. The van der Waals surface area contributed by atoms with Crippen LogP contribution in [0.1, 0.15) is 31.2 Å². The summed E-state index contributed by atoms with van der Waals surface area (Å²) in [6.07, 6.45) is 10.4. The van der Waals surface area contributed by atoms with E-state index in [1.807, 2.05) is 30.3 Å². The molecular weight excluding hydrogens is 329 g/mol. The Morgan fingerprint density at radius 1 is 1.12 bits per heavy atom. The van der Waals surface area contributed by atoms with Crippen LogP contribution >= 0.6 is 0 Å². The van der Waals surface area contributed by atoms with Gasteiger partial charge in [-0.15, -0.1) is 0 Å². The largest absolute Gasteiger partial charge is 0.463 e. The Labute approximate surface area is 153 Å². The Hall–Kier alpha value is -2.20. The third kappa shape index (κ3) is 3.03. The van der Waals surface area contributed by atoms with Crippen LogP contribution in [0.2, 0.25) is 0 Å². The highest BCUT2D eigenvalue weighted by Gasteiger charge is 2.44. The average molecular weight is 353 g/mol. The number of ether oxygens (including phenoxy) is 1. The van der Waals surface area contributed by atoms with Crippen LogP contribution in [0.5, 0.6) is 0 Å². The molecule has 26 heavy (non-hydrogen) atoms. The minimum Gasteiger partial charge on any atom is -0.463 e. The molecule has 0 spiro atoms. The van der Waals surface area contributed by atoms with Crippen molar-refractivity contribution < 1.29 is 13.9 Å². The number of piperidine rings is 1. The van der Waals surface area contributed by atoms with Gasteiger partial charge in [-0.05, 0) is 49.1 Å². The number of esters is 1. The van der Waals surface area contributed by atoms with Crippen molar-refractivity contribution in [3.8, 4) is 0 Å². The molecule has 2 atom stereocenters. The smallest absolute Gasteiger partial charge is 0.324 e. The van der Waals surface area contributed by atoms with Gasteiger partial charge < -0.3 is 4.74 Å². The summed E-state index contributed by atoms with van der Waals surface area (Å²) in [5.41, 5.74) is 0.666. The fraction of sp³-hybridized carbons (Fsp3) is 0.409. The molecule has 136 valence electrons. The zero-order valence-corrected chi connectivity index (χ0v) is 14.9. The van der Waals surface area contributed by atoms with Gasteiger partial charge in [-0.3, -0.25) is 9.69 Å². The van der Waals surface area contributed by atoms with Crippen LogP contribution in [0.3, 0.4) is 0 Å². The number of carbonyl (C=O) groups is 1. The van der Waals surface area contributed by atoms with Crippen LogP contribution in [-0.4, -0.2) is 36.6 Å². The zero-order chi connectivity index (χ0) is 18.0. The Bertz CT molecular complexity index is 768. The van der Waals surface area contributed by atoms with Crippen LogP contribution in [0.15, 0.2) is 66.0 Å². The first-order valence-electron chi connectivity index (χ1n) is 9.43. The first-order valence-corrected chi connectivity index (χ1v) is 9.43. The topological polar surface area (TPSA) is 29.5 Å². The fourth-order valence-electron chi connectivity index (χ4n) is 4.35. The van der Waals surface area contributed by atoms with Gasteiger partial charge in [0, 0.05) is 12.6 Å². The quantitative estimate of drug-likeness (QED) is 0.713. The van der Waals surface area contributed by atoms with Gasteiger partial charge in [-0.1, -0.05) is 48.9 Å². The first-order chi connectivity index (χ1) is 12.7. The van der Waals surface area contributed by atoms with E-state index < -0.39 is 5.41 Å². The van der Waals surface area contributed by atoms with E-state index in [4.69, 9.17) is 4.74 Å². The van der Waals surface area contributed by atoms with Crippen molar-refractivity contribution in [1.29, 1.82) is 0 Å². The lowest BCUT2D eigenvalue weighted by Crippen LogP contribution is -2.43. The zero-order valence-electron chi connectivity index (χ0n) is 14.9. The molecule has 4 rings (SSSR count). The summed E-state index contributed by atoms with van der Waals surface area (Å²) in [7, 11) is 0. The number of hydrogen-bond donors (Lipinski definition) is 0. The molecule has 2 saturated heterocycles. The fourth-order valence-corrected chi connectivity index (χ4v) is 4.35. The predicted octanol–water partition coefficient (Wildman–Crippen LogP) is 4.08. The monoisotopic (exact) mass is 353 g/mol. The van der Waals surface area contributed by atoms with E-state index in [1.165, 1.54) is 25.0 Å². The highest BCUT2D eigenvalue weighted by atomic mass is 19.1. The van der Waals surface area contributed by atoms with Crippen LogP contribution in [-0.2, 0) is 14.9 Å². The van der Waals surface area contributed by atoms with E-state index in [0.29, 0.717) is 19.1 Å². The highest BCUT2D eigenvalue weighted by Crippen LogP contribution is 2.40. The van der Waals surface area contributed by atoms with E-state index in [-0.39, 0.29) is 11.8 Å². The molecule has 3 nitrogen and oxygen atoms in total. The first kappa shape index (κ1) is 17.2. The summed E-state index contributed by atoms with van der Waals surface area (Å²) in [5, 5.41) is 0. The lowest BCUT2D eigenvalue weighted by Gasteiger charge is -2.34. The van der Waals surface area contributed by atoms with Crippen molar-refractivity contribution in [2.75, 3.05) is 19.7 Å². The predicted molar refractivity (Wildman–Crippen MR) is 99.3 cm³/mol. The van der Waals surface area contributed by atoms with Crippen molar-refractivity contribution in [1.82, 2.24) is 4.90 Å². The number of benzene rings is 1. The van der Waals surface area contributed by atoms with E-state index in [1.54, 1.807) is 12.2 Å². The molecule has 2 aliphatic heterocycles. The van der Waals surface area contributed by atoms with E-state index in [2.05, 4.69) is 4.90 Å². The third-order valence-electron chi connectivity index (χ3n) is 5.82. The lowest BCUT2D eigenvalue weighted by molar-refractivity contribution is -0.149.